The van der Waals surface area contributed by atoms with E-state index in [4.69, 9.17) is 0 Å². The molecule has 132 valence electrons. The third-order valence-corrected chi connectivity index (χ3v) is 4.76. The molecule has 0 atom stereocenters. The zero-order valence-electron chi connectivity index (χ0n) is 14.4. The van der Waals surface area contributed by atoms with Crippen LogP contribution in [0.3, 0.4) is 0 Å². The molecular weight excluding hydrogens is 333 g/mol. The van der Waals surface area contributed by atoms with E-state index < -0.39 is 0 Å². The van der Waals surface area contributed by atoms with Gasteiger partial charge in [0.15, 0.2) is 0 Å². The molecule has 0 amide bonds. The fourth-order valence-corrected chi connectivity index (χ4v) is 3.24. The molecule has 1 aliphatic heterocycles. The van der Waals surface area contributed by atoms with Gasteiger partial charge >= 0.3 is 0 Å². The van der Waals surface area contributed by atoms with Crippen LogP contribution in [0.5, 0.6) is 0 Å². The van der Waals surface area contributed by atoms with Crippen LogP contribution >= 0.6 is 0 Å². The Bertz CT molecular complexity index is 1000. The number of hydrogen-bond acceptors (Lipinski definition) is 5. The molecule has 0 fully saturated rings. The zero-order valence-corrected chi connectivity index (χ0v) is 14.4. The van der Waals surface area contributed by atoms with Crippen LogP contribution in [0.25, 0.3) is 11.4 Å². The lowest BCUT2D eigenvalue weighted by Gasteiger charge is -2.28. The molecule has 1 N–H and O–H groups in total. The van der Waals surface area contributed by atoms with Crippen LogP contribution in [0.1, 0.15) is 22.4 Å². The molecular formula is C19H18FN5O. The van der Waals surface area contributed by atoms with Crippen molar-refractivity contribution in [2.45, 2.75) is 26.4 Å². The highest BCUT2D eigenvalue weighted by molar-refractivity contribution is 5.52. The van der Waals surface area contributed by atoms with Gasteiger partial charge in [0.25, 0.3) is 5.56 Å². The predicted molar refractivity (Wildman–Crippen MR) is 94.8 cm³/mol. The van der Waals surface area contributed by atoms with Gasteiger partial charge in [0.05, 0.1) is 16.8 Å². The van der Waals surface area contributed by atoms with E-state index in [1.807, 2.05) is 6.07 Å². The highest BCUT2D eigenvalue weighted by atomic mass is 19.1. The second-order valence-electron chi connectivity index (χ2n) is 6.45. The number of nitrogens with zero attached hydrogens (tertiary/aromatic N) is 4. The van der Waals surface area contributed by atoms with Gasteiger partial charge in [-0.2, -0.15) is 0 Å². The number of benzene rings is 1. The number of rotatable bonds is 3. The van der Waals surface area contributed by atoms with E-state index in [9.17, 15) is 9.18 Å². The summed E-state index contributed by atoms with van der Waals surface area (Å²) in [5, 5.41) is 0. The van der Waals surface area contributed by atoms with Crippen molar-refractivity contribution in [1.29, 1.82) is 0 Å². The molecule has 6 nitrogen and oxygen atoms in total. The van der Waals surface area contributed by atoms with Gasteiger partial charge in [-0.15, -0.1) is 0 Å². The maximum atomic E-state index is 13.7. The summed E-state index contributed by atoms with van der Waals surface area (Å²) in [7, 11) is 0. The number of aromatic amines is 1. The highest BCUT2D eigenvalue weighted by Crippen LogP contribution is 2.21. The van der Waals surface area contributed by atoms with E-state index in [0.29, 0.717) is 42.0 Å². The number of fused-ring (bicyclic) bond motifs is 1. The van der Waals surface area contributed by atoms with E-state index >= 15 is 0 Å². The fourth-order valence-electron chi connectivity index (χ4n) is 3.24. The number of halogens is 1. The van der Waals surface area contributed by atoms with Crippen LogP contribution < -0.4 is 5.56 Å². The van der Waals surface area contributed by atoms with E-state index in [0.717, 1.165) is 17.8 Å². The van der Waals surface area contributed by atoms with Gasteiger partial charge in [-0.3, -0.25) is 9.69 Å². The van der Waals surface area contributed by atoms with Crippen molar-refractivity contribution in [3.05, 3.63) is 75.5 Å². The van der Waals surface area contributed by atoms with Gasteiger partial charge in [-0.25, -0.2) is 19.3 Å². The SMILES string of the molecule is Cc1c(F)cccc1CN1CCc2nc(-c3cncnc3)[nH]c(=O)c2C1. The van der Waals surface area contributed by atoms with Crippen LogP contribution in [0, 0.1) is 12.7 Å². The molecule has 0 unspecified atom stereocenters. The third kappa shape index (κ3) is 3.13. The Hall–Kier alpha value is -2.93. The molecule has 2 aromatic heterocycles. The summed E-state index contributed by atoms with van der Waals surface area (Å²) in [6, 6.07) is 5.11. The van der Waals surface area contributed by atoms with E-state index in [1.165, 1.54) is 12.4 Å². The lowest BCUT2D eigenvalue weighted by molar-refractivity contribution is 0.241. The Balaban J connectivity index is 1.60. The Morgan fingerprint density at radius 2 is 2.08 bits per heavy atom. The maximum Gasteiger partial charge on any atom is 0.255 e. The highest BCUT2D eigenvalue weighted by Gasteiger charge is 2.22. The van der Waals surface area contributed by atoms with Crippen molar-refractivity contribution < 1.29 is 4.39 Å². The Morgan fingerprint density at radius 1 is 1.27 bits per heavy atom. The van der Waals surface area contributed by atoms with Crippen molar-refractivity contribution in [3.8, 4) is 11.4 Å². The Morgan fingerprint density at radius 3 is 2.88 bits per heavy atom. The maximum absolute atomic E-state index is 13.7. The monoisotopic (exact) mass is 351 g/mol. The molecule has 0 saturated carbocycles. The van der Waals surface area contributed by atoms with Crippen molar-refractivity contribution in [2.75, 3.05) is 6.54 Å². The second kappa shape index (κ2) is 6.76. The van der Waals surface area contributed by atoms with Crippen molar-refractivity contribution in [2.24, 2.45) is 0 Å². The van der Waals surface area contributed by atoms with Gasteiger partial charge in [-0.05, 0) is 24.1 Å². The molecule has 4 rings (SSSR count). The van der Waals surface area contributed by atoms with Crippen molar-refractivity contribution in [1.82, 2.24) is 24.8 Å². The third-order valence-electron chi connectivity index (χ3n) is 4.76. The first-order chi connectivity index (χ1) is 12.6. The lowest BCUT2D eigenvalue weighted by Crippen LogP contribution is -2.35. The van der Waals surface area contributed by atoms with E-state index in [2.05, 4.69) is 24.8 Å². The molecule has 0 bridgehead atoms. The molecule has 3 aromatic rings. The molecule has 1 aliphatic rings. The van der Waals surface area contributed by atoms with Crippen LogP contribution in [0.4, 0.5) is 4.39 Å². The largest absolute Gasteiger partial charge is 0.306 e. The summed E-state index contributed by atoms with van der Waals surface area (Å²) in [5.74, 6) is 0.290. The van der Waals surface area contributed by atoms with Crippen LogP contribution in [-0.2, 0) is 19.5 Å². The summed E-state index contributed by atoms with van der Waals surface area (Å²) in [4.78, 5) is 30.0. The van der Waals surface area contributed by atoms with Crippen molar-refractivity contribution >= 4 is 0 Å². The number of aromatic nitrogens is 4. The van der Waals surface area contributed by atoms with E-state index in [-0.39, 0.29) is 11.4 Å². The summed E-state index contributed by atoms with van der Waals surface area (Å²) in [5.41, 5.74) is 3.62. The first kappa shape index (κ1) is 16.5. The van der Waals surface area contributed by atoms with Gasteiger partial charge in [0.1, 0.15) is 18.0 Å². The minimum atomic E-state index is -0.200. The molecule has 1 aromatic carbocycles. The average molecular weight is 351 g/mol. The van der Waals surface area contributed by atoms with Gasteiger partial charge in [-0.1, -0.05) is 12.1 Å². The smallest absolute Gasteiger partial charge is 0.255 e. The standard InChI is InChI=1S/C19H18FN5O/c1-12-13(3-2-4-16(12)20)9-25-6-5-17-15(10-25)19(26)24-18(23-17)14-7-21-11-22-8-14/h2-4,7-8,11H,5-6,9-10H2,1H3,(H,23,24,26). The predicted octanol–water partition coefficient (Wildman–Crippen LogP) is 2.23. The quantitative estimate of drug-likeness (QED) is 0.783. The number of H-pyrrole nitrogens is 1. The van der Waals surface area contributed by atoms with E-state index in [1.54, 1.807) is 25.4 Å². The number of nitrogens with one attached hydrogen (secondary N) is 1. The topological polar surface area (TPSA) is 74.8 Å². The molecule has 0 saturated heterocycles. The normalized spacial score (nSPS) is 14.2. The molecule has 0 aliphatic carbocycles. The molecule has 3 heterocycles. The zero-order chi connectivity index (χ0) is 18.1. The molecule has 26 heavy (non-hydrogen) atoms. The summed E-state index contributed by atoms with van der Waals surface area (Å²) in [6.07, 6.45) is 5.36. The molecule has 0 radical (unpaired) electrons. The minimum absolute atomic E-state index is 0.144. The van der Waals surface area contributed by atoms with Gasteiger partial charge in [0.2, 0.25) is 0 Å². The summed E-state index contributed by atoms with van der Waals surface area (Å²) in [6.45, 7) is 3.66. The summed E-state index contributed by atoms with van der Waals surface area (Å²) >= 11 is 0. The van der Waals surface area contributed by atoms with Crippen LogP contribution in [0.15, 0.2) is 41.7 Å². The molecule has 7 heteroatoms. The number of hydrogen-bond donors (Lipinski definition) is 1. The van der Waals surface area contributed by atoms with Crippen molar-refractivity contribution in [3.63, 3.8) is 0 Å². The average Bonchev–Trinajstić information content (AvgIpc) is 2.66. The van der Waals surface area contributed by atoms with Crippen LogP contribution in [-0.4, -0.2) is 31.4 Å². The lowest BCUT2D eigenvalue weighted by atomic mass is 10.0. The second-order valence-corrected chi connectivity index (χ2v) is 6.45. The first-order valence-corrected chi connectivity index (χ1v) is 8.45. The van der Waals surface area contributed by atoms with Gasteiger partial charge in [0, 0.05) is 38.4 Å². The fraction of sp³-hybridized carbons (Fsp3) is 0.263. The first-order valence-electron chi connectivity index (χ1n) is 8.45. The van der Waals surface area contributed by atoms with Gasteiger partial charge < -0.3 is 4.98 Å². The summed E-state index contributed by atoms with van der Waals surface area (Å²) < 4.78 is 13.7. The van der Waals surface area contributed by atoms with Crippen LogP contribution in [0.2, 0.25) is 0 Å². The Labute approximate surface area is 149 Å². The molecule has 0 spiro atoms. The Kier molecular flexibility index (Phi) is 4.30. The minimum Gasteiger partial charge on any atom is -0.306 e.